The number of rotatable bonds is 2. The highest BCUT2D eigenvalue weighted by atomic mass is 32.1. The van der Waals surface area contributed by atoms with Crippen molar-refractivity contribution < 1.29 is 4.74 Å². The van der Waals surface area contributed by atoms with E-state index in [2.05, 4.69) is 111 Å². The minimum atomic E-state index is -0.609. The quantitative estimate of drug-likeness (QED) is 0.340. The van der Waals surface area contributed by atoms with Gasteiger partial charge in [0.1, 0.15) is 5.75 Å². The number of fused-ring (bicyclic) bond motifs is 3. The van der Waals surface area contributed by atoms with E-state index < -0.39 is 5.60 Å². The molecule has 1 nitrogen and oxygen atoms in total. The minimum absolute atomic E-state index is 0.0253. The summed E-state index contributed by atoms with van der Waals surface area (Å²) >= 11 is 1.74. The second kappa shape index (κ2) is 6.60. The predicted molar refractivity (Wildman–Crippen MR) is 124 cm³/mol. The van der Waals surface area contributed by atoms with Gasteiger partial charge >= 0.3 is 0 Å². The van der Waals surface area contributed by atoms with Gasteiger partial charge in [-0.05, 0) is 40.0 Å². The van der Waals surface area contributed by atoms with Gasteiger partial charge in [0.25, 0.3) is 0 Å². The fourth-order valence-electron chi connectivity index (χ4n) is 4.23. The molecule has 5 rings (SSSR count). The van der Waals surface area contributed by atoms with Crippen LogP contribution in [0.1, 0.15) is 42.3 Å². The van der Waals surface area contributed by atoms with Crippen LogP contribution in [0.4, 0.5) is 0 Å². The van der Waals surface area contributed by atoms with Crippen LogP contribution in [0, 0.1) is 0 Å². The summed E-state index contributed by atoms with van der Waals surface area (Å²) in [5, 5.41) is 4.51. The van der Waals surface area contributed by atoms with Crippen molar-refractivity contribution in [2.45, 2.75) is 31.8 Å². The smallest absolute Gasteiger partial charge is 0.187 e. The molecule has 0 saturated carbocycles. The SMILES string of the molecule is CC(C)(C)c1cc2ccccc2c2c1C=CC(c1ccccc1)(c1cccs1)O2. The molecule has 29 heavy (non-hydrogen) atoms. The van der Waals surface area contributed by atoms with Crippen LogP contribution in [0.2, 0.25) is 0 Å². The second-order valence-electron chi connectivity index (χ2n) is 8.65. The summed E-state index contributed by atoms with van der Waals surface area (Å²) < 4.78 is 7.02. The molecule has 0 radical (unpaired) electrons. The Kier molecular flexibility index (Phi) is 4.15. The molecule has 2 heterocycles. The Morgan fingerprint density at radius 2 is 1.62 bits per heavy atom. The Bertz CT molecular complexity index is 1200. The van der Waals surface area contributed by atoms with Crippen molar-refractivity contribution in [1.82, 2.24) is 0 Å². The Hall–Kier alpha value is -2.84. The molecule has 1 aliphatic heterocycles. The van der Waals surface area contributed by atoms with Gasteiger partial charge in [-0.1, -0.05) is 87.5 Å². The minimum Gasteiger partial charge on any atom is -0.471 e. The molecule has 0 aliphatic carbocycles. The van der Waals surface area contributed by atoms with E-state index in [9.17, 15) is 0 Å². The maximum atomic E-state index is 7.02. The summed E-state index contributed by atoms with van der Waals surface area (Å²) in [6.07, 6.45) is 4.51. The van der Waals surface area contributed by atoms with E-state index in [4.69, 9.17) is 4.74 Å². The lowest BCUT2D eigenvalue weighted by Gasteiger charge is -2.37. The van der Waals surface area contributed by atoms with Gasteiger partial charge < -0.3 is 4.74 Å². The van der Waals surface area contributed by atoms with Gasteiger partial charge in [-0.15, -0.1) is 11.3 Å². The molecule has 0 spiro atoms. The Labute approximate surface area is 176 Å². The number of thiophene rings is 1. The molecular formula is C27H24OS. The molecule has 1 atom stereocenters. The van der Waals surface area contributed by atoms with E-state index in [-0.39, 0.29) is 5.41 Å². The lowest BCUT2D eigenvalue weighted by Crippen LogP contribution is -2.34. The Balaban J connectivity index is 1.82. The van der Waals surface area contributed by atoms with Crippen LogP contribution in [-0.2, 0) is 11.0 Å². The molecule has 2 heteroatoms. The second-order valence-corrected chi connectivity index (χ2v) is 9.60. The van der Waals surface area contributed by atoms with Crippen LogP contribution in [0.3, 0.4) is 0 Å². The summed E-state index contributed by atoms with van der Waals surface area (Å²) in [5.74, 6) is 0.979. The van der Waals surface area contributed by atoms with Gasteiger partial charge in [0.2, 0.25) is 0 Å². The average Bonchev–Trinajstić information content (AvgIpc) is 3.28. The third kappa shape index (κ3) is 2.90. The zero-order chi connectivity index (χ0) is 20.1. The van der Waals surface area contributed by atoms with Crippen molar-refractivity contribution in [2.75, 3.05) is 0 Å². The standard InChI is InChI=1S/C27H24OS/c1-26(2,3)23-18-19-10-7-8-13-21(19)25-22(23)15-16-27(28-25,24-14-9-17-29-24)20-11-5-4-6-12-20/h4-18H,1-3H3. The van der Waals surface area contributed by atoms with Crippen LogP contribution in [0.15, 0.2) is 84.3 Å². The van der Waals surface area contributed by atoms with Crippen LogP contribution in [0.5, 0.6) is 5.75 Å². The lowest BCUT2D eigenvalue weighted by atomic mass is 9.79. The molecular weight excluding hydrogens is 372 g/mol. The van der Waals surface area contributed by atoms with Gasteiger partial charge in [0, 0.05) is 16.5 Å². The highest BCUT2D eigenvalue weighted by Crippen LogP contribution is 2.48. The highest BCUT2D eigenvalue weighted by Gasteiger charge is 2.39. The van der Waals surface area contributed by atoms with Crippen LogP contribution < -0.4 is 4.74 Å². The fraction of sp³-hybridized carbons (Fsp3) is 0.185. The zero-order valence-electron chi connectivity index (χ0n) is 17.0. The maximum absolute atomic E-state index is 7.02. The largest absolute Gasteiger partial charge is 0.471 e. The van der Waals surface area contributed by atoms with Gasteiger partial charge in [0.15, 0.2) is 5.60 Å². The third-order valence-electron chi connectivity index (χ3n) is 5.69. The molecule has 4 aromatic rings. The summed E-state index contributed by atoms with van der Waals surface area (Å²) in [7, 11) is 0. The van der Waals surface area contributed by atoms with Crippen LogP contribution in [0.25, 0.3) is 16.8 Å². The van der Waals surface area contributed by atoms with Crippen LogP contribution in [-0.4, -0.2) is 0 Å². The van der Waals surface area contributed by atoms with Crippen molar-refractivity contribution >= 4 is 28.2 Å². The average molecular weight is 397 g/mol. The number of ether oxygens (including phenoxy) is 1. The molecule has 1 unspecified atom stereocenters. The van der Waals surface area contributed by atoms with E-state index in [1.807, 2.05) is 0 Å². The first-order valence-corrected chi connectivity index (χ1v) is 10.9. The van der Waals surface area contributed by atoms with E-state index >= 15 is 0 Å². The van der Waals surface area contributed by atoms with E-state index in [0.717, 1.165) is 16.7 Å². The van der Waals surface area contributed by atoms with Crippen molar-refractivity contribution in [3.8, 4) is 5.75 Å². The van der Waals surface area contributed by atoms with Crippen molar-refractivity contribution in [1.29, 1.82) is 0 Å². The number of hydrogen-bond donors (Lipinski definition) is 0. The first kappa shape index (κ1) is 18.2. The molecule has 0 amide bonds. The van der Waals surface area contributed by atoms with Crippen molar-refractivity contribution in [3.63, 3.8) is 0 Å². The molecule has 1 aliphatic rings. The van der Waals surface area contributed by atoms with Crippen molar-refractivity contribution in [3.05, 3.63) is 106 Å². The molecule has 0 N–H and O–H groups in total. The summed E-state index contributed by atoms with van der Waals surface area (Å²) in [4.78, 5) is 1.19. The van der Waals surface area contributed by atoms with E-state index in [1.54, 1.807) is 11.3 Å². The van der Waals surface area contributed by atoms with Gasteiger partial charge in [0.05, 0.1) is 4.88 Å². The highest BCUT2D eigenvalue weighted by molar-refractivity contribution is 7.10. The van der Waals surface area contributed by atoms with Gasteiger partial charge in [-0.25, -0.2) is 0 Å². The number of hydrogen-bond acceptors (Lipinski definition) is 2. The van der Waals surface area contributed by atoms with Gasteiger partial charge in [-0.3, -0.25) is 0 Å². The molecule has 0 fully saturated rings. The van der Waals surface area contributed by atoms with Crippen molar-refractivity contribution in [2.24, 2.45) is 0 Å². The summed E-state index contributed by atoms with van der Waals surface area (Å²) in [6.45, 7) is 6.80. The normalized spacial score (nSPS) is 18.4. The Morgan fingerprint density at radius 3 is 2.34 bits per heavy atom. The molecule has 144 valence electrons. The summed E-state index contributed by atoms with van der Waals surface area (Å²) in [6, 6.07) is 25.7. The first-order valence-electron chi connectivity index (χ1n) is 10.0. The molecule has 1 aromatic heterocycles. The molecule has 0 saturated heterocycles. The maximum Gasteiger partial charge on any atom is 0.187 e. The fourth-order valence-corrected chi connectivity index (χ4v) is 5.09. The number of benzene rings is 3. The van der Waals surface area contributed by atoms with E-state index in [0.29, 0.717) is 0 Å². The third-order valence-corrected chi connectivity index (χ3v) is 6.67. The van der Waals surface area contributed by atoms with Gasteiger partial charge in [-0.2, -0.15) is 0 Å². The molecule has 3 aromatic carbocycles. The summed E-state index contributed by atoms with van der Waals surface area (Å²) in [5.41, 5.74) is 3.07. The monoisotopic (exact) mass is 396 g/mol. The first-order chi connectivity index (χ1) is 14.0. The van der Waals surface area contributed by atoms with E-state index in [1.165, 1.54) is 21.4 Å². The van der Waals surface area contributed by atoms with Crippen LogP contribution >= 0.6 is 11.3 Å². The molecule has 0 bridgehead atoms. The Morgan fingerprint density at radius 1 is 0.862 bits per heavy atom. The lowest BCUT2D eigenvalue weighted by molar-refractivity contribution is 0.167. The topological polar surface area (TPSA) is 9.23 Å². The zero-order valence-corrected chi connectivity index (χ0v) is 17.8. The predicted octanol–water partition coefficient (Wildman–Crippen LogP) is 7.55.